The highest BCUT2D eigenvalue weighted by atomic mass is 16.5. The summed E-state index contributed by atoms with van der Waals surface area (Å²) in [5, 5.41) is 8.93. The zero-order chi connectivity index (χ0) is 18.2. The Bertz CT molecular complexity index is 878. The second-order valence-electron chi connectivity index (χ2n) is 7.77. The van der Waals surface area contributed by atoms with Gasteiger partial charge < -0.3 is 9.84 Å². The maximum absolute atomic E-state index is 10.9. The minimum Gasteiger partial charge on any atom is -0.488 e. The number of rotatable bonds is 1. The van der Waals surface area contributed by atoms with Crippen LogP contribution in [0.4, 0.5) is 0 Å². The maximum atomic E-state index is 10.9. The molecule has 0 unspecified atom stereocenters. The summed E-state index contributed by atoms with van der Waals surface area (Å²) in [6.45, 7) is 8.70. The Morgan fingerprint density at radius 3 is 2.24 bits per heavy atom. The number of hydrogen-bond donors (Lipinski definition) is 1. The van der Waals surface area contributed by atoms with Gasteiger partial charge in [0.05, 0.1) is 5.56 Å². The first-order chi connectivity index (χ1) is 11.7. The maximum Gasteiger partial charge on any atom is 0.335 e. The molecule has 128 valence electrons. The number of fused-ring (bicyclic) bond motifs is 1. The second kappa shape index (κ2) is 5.97. The molecule has 1 N–H and O–H groups in total. The van der Waals surface area contributed by atoms with Crippen LogP contribution in [0.3, 0.4) is 0 Å². The van der Waals surface area contributed by atoms with E-state index in [2.05, 4.69) is 45.6 Å². The van der Waals surface area contributed by atoms with Crippen LogP contribution in [0.25, 0.3) is 0 Å². The molecule has 3 heteroatoms. The van der Waals surface area contributed by atoms with E-state index in [1.54, 1.807) is 24.3 Å². The number of carboxylic acids is 1. The number of aromatic carboxylic acids is 1. The van der Waals surface area contributed by atoms with Gasteiger partial charge in [-0.3, -0.25) is 0 Å². The van der Waals surface area contributed by atoms with E-state index < -0.39 is 5.97 Å². The summed E-state index contributed by atoms with van der Waals surface area (Å²) in [5.74, 6) is 6.26. The van der Waals surface area contributed by atoms with Crippen molar-refractivity contribution < 1.29 is 14.6 Å². The Morgan fingerprint density at radius 1 is 1.00 bits per heavy atom. The summed E-state index contributed by atoms with van der Waals surface area (Å²) in [7, 11) is 0. The Morgan fingerprint density at radius 2 is 1.60 bits per heavy atom. The van der Waals surface area contributed by atoms with Gasteiger partial charge in [0.25, 0.3) is 0 Å². The molecule has 0 atom stereocenters. The molecule has 3 rings (SSSR count). The number of carbonyl (C=O) groups is 1. The topological polar surface area (TPSA) is 46.5 Å². The van der Waals surface area contributed by atoms with Crippen LogP contribution in [-0.4, -0.2) is 16.7 Å². The molecule has 0 saturated heterocycles. The summed E-state index contributed by atoms with van der Waals surface area (Å²) >= 11 is 0. The van der Waals surface area contributed by atoms with Crippen molar-refractivity contribution in [2.75, 3.05) is 0 Å². The van der Waals surface area contributed by atoms with Crippen molar-refractivity contribution in [3.8, 4) is 17.6 Å². The number of ether oxygens (including phenoxy) is 1. The minimum atomic E-state index is -0.931. The summed E-state index contributed by atoms with van der Waals surface area (Å²) in [6, 6.07) is 12.7. The van der Waals surface area contributed by atoms with Gasteiger partial charge in [0.1, 0.15) is 11.4 Å². The summed E-state index contributed by atoms with van der Waals surface area (Å²) in [4.78, 5) is 10.9. The first-order valence-corrected chi connectivity index (χ1v) is 8.35. The molecule has 0 bridgehead atoms. The van der Waals surface area contributed by atoms with E-state index in [0.717, 1.165) is 23.3 Å². The van der Waals surface area contributed by atoms with Crippen LogP contribution in [0, 0.1) is 11.8 Å². The average Bonchev–Trinajstić information content (AvgIpc) is 2.52. The van der Waals surface area contributed by atoms with E-state index >= 15 is 0 Å². The van der Waals surface area contributed by atoms with Gasteiger partial charge in [-0.25, -0.2) is 4.79 Å². The lowest BCUT2D eigenvalue weighted by Gasteiger charge is -2.42. The third-order valence-electron chi connectivity index (χ3n) is 4.45. The predicted octanol–water partition coefficient (Wildman–Crippen LogP) is 4.62. The summed E-state index contributed by atoms with van der Waals surface area (Å²) in [6.07, 6.45) is 0.945. The SMILES string of the molecule is CC1(C)CC(C)(C)c2cc(C#Cc3ccc(C(=O)O)cc3)ccc2O1. The smallest absolute Gasteiger partial charge is 0.335 e. The van der Waals surface area contributed by atoms with E-state index in [9.17, 15) is 4.79 Å². The lowest BCUT2D eigenvalue weighted by molar-refractivity contribution is 0.0534. The normalized spacial score (nSPS) is 16.8. The monoisotopic (exact) mass is 334 g/mol. The Labute approximate surface area is 148 Å². The number of benzene rings is 2. The largest absolute Gasteiger partial charge is 0.488 e. The molecular weight excluding hydrogens is 312 g/mol. The highest BCUT2D eigenvalue weighted by molar-refractivity contribution is 5.87. The van der Waals surface area contributed by atoms with E-state index in [1.165, 1.54) is 5.56 Å². The van der Waals surface area contributed by atoms with E-state index in [1.807, 2.05) is 12.1 Å². The molecule has 0 fully saturated rings. The Kier molecular flexibility index (Phi) is 4.08. The van der Waals surface area contributed by atoms with Crippen molar-refractivity contribution in [3.63, 3.8) is 0 Å². The summed E-state index contributed by atoms with van der Waals surface area (Å²) in [5.41, 5.74) is 3.02. The fraction of sp³-hybridized carbons (Fsp3) is 0.318. The standard InChI is InChI=1S/C22H22O3/c1-21(2)14-22(3,4)25-19-12-9-16(13-18(19)21)6-5-15-7-10-17(11-8-15)20(23)24/h7-13H,14H2,1-4H3,(H,23,24). The van der Waals surface area contributed by atoms with Crippen LogP contribution in [0.2, 0.25) is 0 Å². The van der Waals surface area contributed by atoms with Gasteiger partial charge in [-0.15, -0.1) is 0 Å². The predicted molar refractivity (Wildman–Crippen MR) is 98.2 cm³/mol. The van der Waals surface area contributed by atoms with Gasteiger partial charge in [-0.2, -0.15) is 0 Å². The fourth-order valence-corrected chi connectivity index (χ4v) is 3.56. The highest BCUT2D eigenvalue weighted by Crippen LogP contribution is 2.44. The molecule has 25 heavy (non-hydrogen) atoms. The molecule has 0 aliphatic carbocycles. The van der Waals surface area contributed by atoms with Crippen molar-refractivity contribution >= 4 is 5.97 Å². The molecule has 0 aromatic heterocycles. The zero-order valence-corrected chi connectivity index (χ0v) is 15.0. The molecule has 1 aliphatic rings. The quantitative estimate of drug-likeness (QED) is 0.774. The van der Waals surface area contributed by atoms with Crippen LogP contribution in [-0.2, 0) is 5.41 Å². The highest BCUT2D eigenvalue weighted by Gasteiger charge is 2.38. The molecule has 0 spiro atoms. The molecule has 2 aromatic carbocycles. The van der Waals surface area contributed by atoms with Crippen molar-refractivity contribution in [2.45, 2.75) is 45.1 Å². The van der Waals surface area contributed by atoms with Gasteiger partial charge in [-0.05, 0) is 68.1 Å². The van der Waals surface area contributed by atoms with Crippen molar-refractivity contribution in [3.05, 3.63) is 64.7 Å². The van der Waals surface area contributed by atoms with Gasteiger partial charge in [-0.1, -0.05) is 25.7 Å². The third-order valence-corrected chi connectivity index (χ3v) is 4.45. The zero-order valence-electron chi connectivity index (χ0n) is 15.0. The Balaban J connectivity index is 1.90. The average molecular weight is 334 g/mol. The molecule has 0 amide bonds. The number of carboxylic acid groups (broad SMARTS) is 1. The third kappa shape index (κ3) is 3.69. The fourth-order valence-electron chi connectivity index (χ4n) is 3.56. The molecular formula is C22H22O3. The molecule has 1 heterocycles. The molecule has 1 aliphatic heterocycles. The molecule has 0 saturated carbocycles. The van der Waals surface area contributed by atoms with Crippen LogP contribution in [0.15, 0.2) is 42.5 Å². The van der Waals surface area contributed by atoms with Crippen molar-refractivity contribution in [1.29, 1.82) is 0 Å². The lowest BCUT2D eigenvalue weighted by atomic mass is 9.73. The molecule has 3 nitrogen and oxygen atoms in total. The minimum absolute atomic E-state index is 0.0257. The van der Waals surface area contributed by atoms with Crippen LogP contribution < -0.4 is 4.74 Å². The first-order valence-electron chi connectivity index (χ1n) is 8.35. The van der Waals surface area contributed by atoms with Gasteiger partial charge in [0, 0.05) is 16.7 Å². The van der Waals surface area contributed by atoms with Gasteiger partial charge >= 0.3 is 5.97 Å². The van der Waals surface area contributed by atoms with Crippen LogP contribution in [0.5, 0.6) is 5.75 Å². The van der Waals surface area contributed by atoms with Crippen molar-refractivity contribution in [1.82, 2.24) is 0 Å². The van der Waals surface area contributed by atoms with Crippen molar-refractivity contribution in [2.24, 2.45) is 0 Å². The van der Waals surface area contributed by atoms with Gasteiger partial charge in [0.2, 0.25) is 0 Å². The van der Waals surface area contributed by atoms with E-state index in [4.69, 9.17) is 9.84 Å². The van der Waals surface area contributed by atoms with Crippen LogP contribution in [0.1, 0.15) is 61.2 Å². The lowest BCUT2D eigenvalue weighted by Crippen LogP contribution is -2.41. The summed E-state index contributed by atoms with van der Waals surface area (Å²) < 4.78 is 6.10. The second-order valence-corrected chi connectivity index (χ2v) is 7.77. The van der Waals surface area contributed by atoms with Crippen LogP contribution >= 0.6 is 0 Å². The first kappa shape index (κ1) is 17.1. The molecule has 2 aromatic rings. The Hall–Kier alpha value is -2.73. The van der Waals surface area contributed by atoms with E-state index in [-0.39, 0.29) is 16.6 Å². The number of hydrogen-bond acceptors (Lipinski definition) is 2. The van der Waals surface area contributed by atoms with Gasteiger partial charge in [0.15, 0.2) is 0 Å². The molecule has 0 radical (unpaired) electrons. The van der Waals surface area contributed by atoms with E-state index in [0.29, 0.717) is 0 Å².